The van der Waals surface area contributed by atoms with Crippen molar-refractivity contribution in [3.05, 3.63) is 70.2 Å². The van der Waals surface area contributed by atoms with Crippen LogP contribution in [-0.2, 0) is 4.79 Å². The molecule has 0 aliphatic heterocycles. The number of hydrogen-bond acceptors (Lipinski definition) is 2. The highest BCUT2D eigenvalue weighted by atomic mass is 35.5. The maximum atomic E-state index is 10.4. The molecule has 0 aromatic heterocycles. The fourth-order valence-corrected chi connectivity index (χ4v) is 2.39. The summed E-state index contributed by atoms with van der Waals surface area (Å²) in [5, 5.41) is 19.5. The van der Waals surface area contributed by atoms with Gasteiger partial charge < -0.3 is 10.2 Å². The van der Waals surface area contributed by atoms with Gasteiger partial charge in [-0.1, -0.05) is 53.5 Å². The summed E-state index contributed by atoms with van der Waals surface area (Å²) >= 11 is 12.0. The zero-order valence-electron chi connectivity index (χ0n) is 10.8. The monoisotopic (exact) mass is 322 g/mol. The molecule has 0 aliphatic rings. The highest BCUT2D eigenvalue weighted by molar-refractivity contribution is 6.36. The van der Waals surface area contributed by atoms with Crippen molar-refractivity contribution in [1.29, 1.82) is 0 Å². The number of benzene rings is 2. The molecule has 108 valence electrons. The van der Waals surface area contributed by atoms with Gasteiger partial charge in [0.25, 0.3) is 0 Å². The van der Waals surface area contributed by atoms with Crippen molar-refractivity contribution in [2.75, 3.05) is 0 Å². The maximum absolute atomic E-state index is 10.4. The molecule has 0 bridgehead atoms. The first kappa shape index (κ1) is 15.6. The number of aliphatic hydroxyl groups excluding tert-OH is 1. The number of halogens is 2. The van der Waals surface area contributed by atoms with E-state index < -0.39 is 12.1 Å². The molecule has 0 amide bonds. The normalized spacial score (nSPS) is 12.5. The van der Waals surface area contributed by atoms with Gasteiger partial charge in [-0.2, -0.15) is 0 Å². The Balaban J connectivity index is 2.24. The van der Waals surface area contributed by atoms with Gasteiger partial charge in [0.1, 0.15) is 0 Å². The lowest BCUT2D eigenvalue weighted by Crippen LogP contribution is -1.95. The Kier molecular flexibility index (Phi) is 5.02. The molecule has 2 rings (SSSR count). The van der Waals surface area contributed by atoms with Crippen molar-refractivity contribution in [3.63, 3.8) is 0 Å². The molecule has 0 aliphatic carbocycles. The number of aliphatic carboxylic acids is 1. The van der Waals surface area contributed by atoms with Gasteiger partial charge in [-0.3, -0.25) is 0 Å². The van der Waals surface area contributed by atoms with Crippen LogP contribution in [0.1, 0.15) is 11.7 Å². The standard InChI is InChI=1S/C16H12Cl2O3/c17-12-5-6-13(14(18)9-12)10-1-3-11(4-2-10)15(19)7-8-16(20)21/h1-9,15,19H,(H,20,21). The SMILES string of the molecule is O=C(O)C=CC(O)c1ccc(-c2ccc(Cl)cc2Cl)cc1. The molecule has 1 atom stereocenters. The number of carboxylic acids is 1. The third-order valence-corrected chi connectivity index (χ3v) is 3.46. The molecule has 3 nitrogen and oxygen atoms in total. The third-order valence-electron chi connectivity index (χ3n) is 2.92. The quantitative estimate of drug-likeness (QED) is 0.823. The Hall–Kier alpha value is -1.81. The van der Waals surface area contributed by atoms with E-state index >= 15 is 0 Å². The molecule has 1 unspecified atom stereocenters. The summed E-state index contributed by atoms with van der Waals surface area (Å²) in [5.74, 6) is -1.10. The first-order valence-electron chi connectivity index (χ1n) is 6.12. The predicted molar refractivity (Wildman–Crippen MR) is 83.6 cm³/mol. The summed E-state index contributed by atoms with van der Waals surface area (Å²) in [4.78, 5) is 10.4. The summed E-state index contributed by atoms with van der Waals surface area (Å²) in [6.45, 7) is 0. The van der Waals surface area contributed by atoms with Crippen molar-refractivity contribution in [1.82, 2.24) is 0 Å². The van der Waals surface area contributed by atoms with E-state index in [0.29, 0.717) is 15.6 Å². The van der Waals surface area contributed by atoms with Gasteiger partial charge in [0, 0.05) is 21.7 Å². The zero-order chi connectivity index (χ0) is 15.4. The minimum absolute atomic E-state index is 0.543. The number of rotatable bonds is 4. The molecule has 21 heavy (non-hydrogen) atoms. The fourth-order valence-electron chi connectivity index (χ4n) is 1.87. The largest absolute Gasteiger partial charge is 0.478 e. The van der Waals surface area contributed by atoms with E-state index in [1.54, 1.807) is 24.3 Å². The minimum Gasteiger partial charge on any atom is -0.478 e. The Morgan fingerprint density at radius 1 is 1.10 bits per heavy atom. The van der Waals surface area contributed by atoms with Crippen molar-refractivity contribution < 1.29 is 15.0 Å². The molecule has 0 heterocycles. The number of aliphatic hydroxyl groups is 1. The van der Waals surface area contributed by atoms with E-state index in [-0.39, 0.29) is 0 Å². The second-order valence-corrected chi connectivity index (χ2v) is 5.23. The molecular weight excluding hydrogens is 311 g/mol. The van der Waals surface area contributed by atoms with Crippen LogP contribution in [0.25, 0.3) is 11.1 Å². The second kappa shape index (κ2) is 6.76. The van der Waals surface area contributed by atoms with Gasteiger partial charge in [-0.05, 0) is 29.3 Å². The Bertz CT molecular complexity index is 678. The highest BCUT2D eigenvalue weighted by Gasteiger charge is 2.07. The molecule has 0 saturated carbocycles. The van der Waals surface area contributed by atoms with Crippen LogP contribution in [0, 0.1) is 0 Å². The Morgan fingerprint density at radius 3 is 2.33 bits per heavy atom. The number of carboxylic acid groups (broad SMARTS) is 1. The molecule has 2 aromatic rings. The molecule has 0 radical (unpaired) electrons. The predicted octanol–water partition coefficient (Wildman–Crippen LogP) is 4.33. The lowest BCUT2D eigenvalue weighted by Gasteiger charge is -2.09. The summed E-state index contributed by atoms with van der Waals surface area (Å²) < 4.78 is 0. The van der Waals surface area contributed by atoms with Crippen LogP contribution in [0.2, 0.25) is 10.0 Å². The smallest absolute Gasteiger partial charge is 0.328 e. The van der Waals surface area contributed by atoms with Crippen molar-refractivity contribution >= 4 is 29.2 Å². The molecule has 0 saturated heterocycles. The topological polar surface area (TPSA) is 57.5 Å². The van der Waals surface area contributed by atoms with E-state index in [9.17, 15) is 9.90 Å². The average molecular weight is 323 g/mol. The molecule has 5 heteroatoms. The van der Waals surface area contributed by atoms with Crippen LogP contribution in [0.4, 0.5) is 0 Å². The van der Waals surface area contributed by atoms with E-state index in [1.807, 2.05) is 18.2 Å². The molecule has 0 spiro atoms. The van der Waals surface area contributed by atoms with Crippen LogP contribution < -0.4 is 0 Å². The van der Waals surface area contributed by atoms with Gasteiger partial charge in [-0.15, -0.1) is 0 Å². The highest BCUT2D eigenvalue weighted by Crippen LogP contribution is 2.31. The van der Waals surface area contributed by atoms with E-state index in [2.05, 4.69) is 0 Å². The average Bonchev–Trinajstić information content (AvgIpc) is 2.45. The van der Waals surface area contributed by atoms with E-state index in [1.165, 1.54) is 6.08 Å². The number of carbonyl (C=O) groups is 1. The van der Waals surface area contributed by atoms with Gasteiger partial charge in [0.15, 0.2) is 0 Å². The summed E-state index contributed by atoms with van der Waals surface area (Å²) in [6.07, 6.45) is 1.16. The Labute approximate surface area is 132 Å². The van der Waals surface area contributed by atoms with Crippen LogP contribution in [0.3, 0.4) is 0 Å². The summed E-state index contributed by atoms with van der Waals surface area (Å²) in [6, 6.07) is 12.3. The first-order valence-corrected chi connectivity index (χ1v) is 6.87. The van der Waals surface area contributed by atoms with E-state index in [4.69, 9.17) is 28.3 Å². The van der Waals surface area contributed by atoms with Crippen LogP contribution >= 0.6 is 23.2 Å². The maximum Gasteiger partial charge on any atom is 0.328 e. The Morgan fingerprint density at radius 2 is 1.76 bits per heavy atom. The zero-order valence-corrected chi connectivity index (χ0v) is 12.3. The molecule has 2 aromatic carbocycles. The van der Waals surface area contributed by atoms with Crippen molar-refractivity contribution in [3.8, 4) is 11.1 Å². The van der Waals surface area contributed by atoms with Gasteiger partial charge in [-0.25, -0.2) is 4.79 Å². The third kappa shape index (κ3) is 4.08. The van der Waals surface area contributed by atoms with Crippen LogP contribution in [-0.4, -0.2) is 16.2 Å². The summed E-state index contributed by atoms with van der Waals surface area (Å²) in [5.41, 5.74) is 2.32. The lowest BCUT2D eigenvalue weighted by molar-refractivity contribution is -0.131. The van der Waals surface area contributed by atoms with Gasteiger partial charge >= 0.3 is 5.97 Å². The van der Waals surface area contributed by atoms with Crippen molar-refractivity contribution in [2.24, 2.45) is 0 Å². The number of hydrogen-bond donors (Lipinski definition) is 2. The molecule has 2 N–H and O–H groups in total. The van der Waals surface area contributed by atoms with Crippen LogP contribution in [0.15, 0.2) is 54.6 Å². The molecular formula is C16H12Cl2O3. The van der Waals surface area contributed by atoms with Gasteiger partial charge in [0.2, 0.25) is 0 Å². The lowest BCUT2D eigenvalue weighted by atomic mass is 10.0. The van der Waals surface area contributed by atoms with Gasteiger partial charge in [0.05, 0.1) is 6.10 Å². The first-order chi connectivity index (χ1) is 9.97. The second-order valence-electron chi connectivity index (χ2n) is 4.39. The molecule has 0 fully saturated rings. The minimum atomic E-state index is -1.10. The van der Waals surface area contributed by atoms with E-state index in [0.717, 1.165) is 17.2 Å². The fraction of sp³-hybridized carbons (Fsp3) is 0.0625. The summed E-state index contributed by atoms with van der Waals surface area (Å²) in [7, 11) is 0. The van der Waals surface area contributed by atoms with Crippen molar-refractivity contribution in [2.45, 2.75) is 6.10 Å². The van der Waals surface area contributed by atoms with Crippen LogP contribution in [0.5, 0.6) is 0 Å².